The zero-order chi connectivity index (χ0) is 23.9. The molecule has 2 rings (SSSR count). The van der Waals surface area contributed by atoms with E-state index in [1.54, 1.807) is 50.4 Å². The standard InChI is InChI=1S/C23H28N2O6S/c1-14(26)29-13-23(3,4)22(30-15(2)27)21(28)18-11-12-25-19(18)9-10-20(32)31-17-7-5-16(24)6-8-17/h5-8,11-12,22,25H,9-10,13,24H2,1-4H3. The van der Waals surface area contributed by atoms with Crippen LogP contribution in [0.5, 0.6) is 5.75 Å². The second-order valence-electron chi connectivity index (χ2n) is 8.04. The van der Waals surface area contributed by atoms with E-state index in [2.05, 4.69) is 4.98 Å². The lowest BCUT2D eigenvalue weighted by atomic mass is 9.82. The molecule has 1 heterocycles. The molecule has 0 aliphatic rings. The largest absolute Gasteiger partial charge is 0.465 e. The van der Waals surface area contributed by atoms with Crippen LogP contribution >= 0.6 is 12.2 Å². The van der Waals surface area contributed by atoms with Crippen LogP contribution in [0.25, 0.3) is 0 Å². The summed E-state index contributed by atoms with van der Waals surface area (Å²) in [6.45, 7) is 5.82. The third-order valence-electron chi connectivity index (χ3n) is 4.67. The number of nitrogens with one attached hydrogen (secondary N) is 1. The number of Topliss-reactive ketones (excluding diaryl/α,β-unsaturated/α-hetero) is 1. The van der Waals surface area contributed by atoms with Crippen molar-refractivity contribution in [1.29, 1.82) is 0 Å². The van der Waals surface area contributed by atoms with Crippen molar-refractivity contribution in [2.24, 2.45) is 5.41 Å². The van der Waals surface area contributed by atoms with Crippen molar-refractivity contribution in [3.63, 3.8) is 0 Å². The first kappa shape index (κ1) is 25.1. The third-order valence-corrected chi connectivity index (χ3v) is 4.96. The molecule has 0 aliphatic carbocycles. The molecule has 0 fully saturated rings. The number of esters is 2. The summed E-state index contributed by atoms with van der Waals surface area (Å²) in [6.07, 6.45) is 1.30. The van der Waals surface area contributed by atoms with Crippen LogP contribution in [0.1, 0.15) is 50.2 Å². The molecule has 1 aromatic heterocycles. The van der Waals surface area contributed by atoms with Crippen LogP contribution < -0.4 is 10.5 Å². The number of benzene rings is 1. The second kappa shape index (κ2) is 10.9. The first-order chi connectivity index (χ1) is 15.0. The van der Waals surface area contributed by atoms with Gasteiger partial charge in [-0.2, -0.15) is 0 Å². The monoisotopic (exact) mass is 460 g/mol. The Kier molecular flexibility index (Phi) is 8.54. The van der Waals surface area contributed by atoms with Gasteiger partial charge in [0.2, 0.25) is 5.78 Å². The van der Waals surface area contributed by atoms with Gasteiger partial charge in [-0.05, 0) is 49.0 Å². The van der Waals surface area contributed by atoms with Crippen LogP contribution in [0.2, 0.25) is 0 Å². The number of hydrogen-bond donors (Lipinski definition) is 2. The maximum atomic E-state index is 13.3. The molecule has 32 heavy (non-hydrogen) atoms. The van der Waals surface area contributed by atoms with Crippen molar-refractivity contribution < 1.29 is 28.6 Å². The number of aromatic amines is 1. The summed E-state index contributed by atoms with van der Waals surface area (Å²) < 4.78 is 16.1. The number of ether oxygens (including phenoxy) is 3. The molecule has 3 N–H and O–H groups in total. The zero-order valence-electron chi connectivity index (χ0n) is 18.6. The fourth-order valence-corrected chi connectivity index (χ4v) is 3.22. The summed E-state index contributed by atoms with van der Waals surface area (Å²) in [4.78, 5) is 39.3. The number of nitrogen functional groups attached to an aromatic ring is 1. The molecule has 0 saturated carbocycles. The molecule has 0 radical (unpaired) electrons. The topological polar surface area (TPSA) is 121 Å². The van der Waals surface area contributed by atoms with Crippen molar-refractivity contribution >= 4 is 40.7 Å². The van der Waals surface area contributed by atoms with Gasteiger partial charge < -0.3 is 24.9 Å². The second-order valence-corrected chi connectivity index (χ2v) is 8.49. The van der Waals surface area contributed by atoms with E-state index in [1.807, 2.05) is 0 Å². The minimum Gasteiger partial charge on any atom is -0.465 e. The molecule has 172 valence electrons. The van der Waals surface area contributed by atoms with Crippen molar-refractivity contribution in [1.82, 2.24) is 4.98 Å². The van der Waals surface area contributed by atoms with Gasteiger partial charge >= 0.3 is 11.9 Å². The molecule has 0 amide bonds. The Morgan fingerprint density at radius 1 is 1.09 bits per heavy atom. The highest BCUT2D eigenvalue weighted by Gasteiger charge is 2.40. The Hall–Kier alpha value is -3.20. The van der Waals surface area contributed by atoms with Crippen molar-refractivity contribution in [2.45, 2.75) is 46.6 Å². The molecular weight excluding hydrogens is 432 g/mol. The van der Waals surface area contributed by atoms with Crippen LogP contribution in [0.15, 0.2) is 36.5 Å². The van der Waals surface area contributed by atoms with Gasteiger partial charge in [-0.25, -0.2) is 0 Å². The molecule has 0 bridgehead atoms. The number of carbonyl (C=O) groups excluding carboxylic acids is 3. The average molecular weight is 461 g/mol. The molecule has 2 aromatic rings. The number of aryl methyl sites for hydroxylation is 1. The fourth-order valence-electron chi connectivity index (χ4n) is 3.03. The molecule has 1 aromatic carbocycles. The lowest BCUT2D eigenvalue weighted by molar-refractivity contribution is -0.155. The molecular formula is C23H28N2O6S. The molecule has 0 aliphatic heterocycles. The normalized spacial score (nSPS) is 12.0. The van der Waals surface area contributed by atoms with Crippen LogP contribution in [-0.4, -0.2) is 40.5 Å². The Balaban J connectivity index is 2.11. The molecule has 1 atom stereocenters. The average Bonchev–Trinajstić information content (AvgIpc) is 3.19. The molecule has 0 saturated heterocycles. The summed E-state index contributed by atoms with van der Waals surface area (Å²) in [5.74, 6) is -0.897. The highest BCUT2D eigenvalue weighted by atomic mass is 32.1. The van der Waals surface area contributed by atoms with Crippen LogP contribution in [0.4, 0.5) is 5.69 Å². The van der Waals surface area contributed by atoms with Crippen molar-refractivity contribution in [3.05, 3.63) is 47.8 Å². The first-order valence-electron chi connectivity index (χ1n) is 10.1. The zero-order valence-corrected chi connectivity index (χ0v) is 19.4. The minimum absolute atomic E-state index is 0.0781. The minimum atomic E-state index is -1.13. The van der Waals surface area contributed by atoms with E-state index in [9.17, 15) is 14.4 Å². The van der Waals surface area contributed by atoms with Crippen LogP contribution in [0.3, 0.4) is 0 Å². The van der Waals surface area contributed by atoms with Gasteiger partial charge in [-0.1, -0.05) is 13.8 Å². The quantitative estimate of drug-likeness (QED) is 0.239. The predicted molar refractivity (Wildman–Crippen MR) is 123 cm³/mol. The van der Waals surface area contributed by atoms with E-state index in [4.69, 9.17) is 32.2 Å². The molecule has 0 spiro atoms. The number of ketones is 1. The van der Waals surface area contributed by atoms with E-state index in [-0.39, 0.29) is 12.4 Å². The molecule has 9 heteroatoms. The maximum absolute atomic E-state index is 13.3. The number of rotatable bonds is 10. The third kappa shape index (κ3) is 7.19. The number of aromatic nitrogens is 1. The molecule has 8 nitrogen and oxygen atoms in total. The number of H-pyrrole nitrogens is 1. The van der Waals surface area contributed by atoms with E-state index in [0.717, 1.165) is 0 Å². The van der Waals surface area contributed by atoms with Gasteiger partial charge in [0.1, 0.15) is 12.4 Å². The van der Waals surface area contributed by atoms with Crippen molar-refractivity contribution in [3.8, 4) is 5.75 Å². The highest BCUT2D eigenvalue weighted by molar-refractivity contribution is 7.80. The van der Waals surface area contributed by atoms with E-state index < -0.39 is 23.5 Å². The van der Waals surface area contributed by atoms with E-state index in [1.165, 1.54) is 13.8 Å². The van der Waals surface area contributed by atoms with E-state index in [0.29, 0.717) is 40.6 Å². The Labute approximate surface area is 192 Å². The van der Waals surface area contributed by atoms with Crippen LogP contribution in [-0.2, 0) is 25.5 Å². The highest BCUT2D eigenvalue weighted by Crippen LogP contribution is 2.29. The summed E-state index contributed by atoms with van der Waals surface area (Å²) in [5, 5.41) is 0.356. The Morgan fingerprint density at radius 2 is 1.75 bits per heavy atom. The molecule has 1 unspecified atom stereocenters. The van der Waals surface area contributed by atoms with Gasteiger partial charge in [0.15, 0.2) is 11.2 Å². The number of thiocarbonyl (C=S) groups is 1. The lowest BCUT2D eigenvalue weighted by Gasteiger charge is -2.31. The van der Waals surface area contributed by atoms with Gasteiger partial charge in [-0.15, -0.1) is 0 Å². The number of nitrogens with two attached hydrogens (primary N) is 1. The number of hydrogen-bond acceptors (Lipinski definition) is 8. The van der Waals surface area contributed by atoms with Crippen molar-refractivity contribution in [2.75, 3.05) is 12.3 Å². The summed E-state index contributed by atoms with van der Waals surface area (Å²) in [6, 6.07) is 8.50. The summed E-state index contributed by atoms with van der Waals surface area (Å²) >= 11 is 5.31. The summed E-state index contributed by atoms with van der Waals surface area (Å²) in [7, 11) is 0. The summed E-state index contributed by atoms with van der Waals surface area (Å²) in [5.41, 5.74) is 6.37. The Morgan fingerprint density at radius 3 is 2.34 bits per heavy atom. The lowest BCUT2D eigenvalue weighted by Crippen LogP contribution is -2.43. The number of carbonyl (C=O) groups is 3. The van der Waals surface area contributed by atoms with Crippen LogP contribution in [0, 0.1) is 5.41 Å². The predicted octanol–water partition coefficient (Wildman–Crippen LogP) is 3.64. The van der Waals surface area contributed by atoms with Gasteiger partial charge in [0.05, 0.1) is 0 Å². The van der Waals surface area contributed by atoms with Gasteiger partial charge in [-0.3, -0.25) is 14.4 Å². The smallest absolute Gasteiger partial charge is 0.303 e. The SMILES string of the molecule is CC(=O)OCC(C)(C)C(OC(C)=O)C(=O)c1cc[nH]c1CCC(=S)Oc1ccc(N)cc1. The number of anilines is 1. The van der Waals surface area contributed by atoms with E-state index >= 15 is 0 Å². The first-order valence-corrected chi connectivity index (χ1v) is 10.5. The van der Waals surface area contributed by atoms with Gasteiger partial charge in [0.25, 0.3) is 0 Å². The maximum Gasteiger partial charge on any atom is 0.303 e. The Bertz CT molecular complexity index is 981. The van der Waals surface area contributed by atoms with Gasteiger partial charge in [0, 0.05) is 48.8 Å². The fraction of sp³-hybridized carbons (Fsp3) is 0.391.